The lowest BCUT2D eigenvalue weighted by Gasteiger charge is -2.24. The highest BCUT2D eigenvalue weighted by Crippen LogP contribution is 2.36. The van der Waals surface area contributed by atoms with E-state index in [0.29, 0.717) is 27.9 Å². The molecule has 0 aliphatic carbocycles. The van der Waals surface area contributed by atoms with E-state index in [4.69, 9.17) is 10.5 Å². The largest absolute Gasteiger partial charge is 0.491 e. The average Bonchev–Trinajstić information content (AvgIpc) is 3.34. The summed E-state index contributed by atoms with van der Waals surface area (Å²) in [5, 5.41) is 0. The van der Waals surface area contributed by atoms with Crippen LogP contribution < -0.4 is 10.5 Å². The number of likely N-dealkylation sites (N-methyl/N-ethyl adjacent to an activating group) is 1. The first kappa shape index (κ1) is 17.4. The summed E-state index contributed by atoms with van der Waals surface area (Å²) < 4.78 is 35.4. The van der Waals surface area contributed by atoms with Crippen LogP contribution in [0, 0.1) is 11.6 Å². The van der Waals surface area contributed by atoms with Gasteiger partial charge in [0.15, 0.2) is 0 Å². The van der Waals surface area contributed by atoms with Crippen molar-refractivity contribution in [2.45, 2.75) is 6.04 Å². The number of fused-ring (bicyclic) bond motifs is 4. The van der Waals surface area contributed by atoms with E-state index < -0.39 is 23.6 Å². The lowest BCUT2D eigenvalue weighted by molar-refractivity contribution is 0.0704. The predicted octanol–water partition coefficient (Wildman–Crippen LogP) is 2.95. The molecule has 0 radical (unpaired) electrons. The molecule has 9 heteroatoms. The molecule has 0 saturated carbocycles. The minimum absolute atomic E-state index is 0.114. The maximum atomic E-state index is 14.8. The van der Waals surface area contributed by atoms with Crippen molar-refractivity contribution in [2.75, 3.05) is 19.4 Å². The number of aromatic nitrogens is 3. The Morgan fingerprint density at radius 1 is 1.28 bits per heavy atom. The van der Waals surface area contributed by atoms with Gasteiger partial charge in [-0.25, -0.2) is 18.7 Å². The highest BCUT2D eigenvalue weighted by Gasteiger charge is 2.32. The third-order valence-corrected chi connectivity index (χ3v) is 5.22. The first-order valence-corrected chi connectivity index (χ1v) is 8.84. The molecular formula is C20H15F2N5O2. The lowest BCUT2D eigenvalue weighted by Crippen LogP contribution is -2.32. The summed E-state index contributed by atoms with van der Waals surface area (Å²) in [6, 6.07) is 6.32. The van der Waals surface area contributed by atoms with Gasteiger partial charge in [-0.3, -0.25) is 9.20 Å². The zero-order valence-corrected chi connectivity index (χ0v) is 15.3. The van der Waals surface area contributed by atoms with E-state index in [1.807, 2.05) is 0 Å². The van der Waals surface area contributed by atoms with Crippen LogP contribution in [0.3, 0.4) is 0 Å². The Labute approximate surface area is 163 Å². The summed E-state index contributed by atoms with van der Waals surface area (Å²) in [6.07, 6.45) is 3.08. The maximum absolute atomic E-state index is 14.8. The number of anilines is 1. The van der Waals surface area contributed by atoms with Gasteiger partial charge in [0, 0.05) is 24.7 Å². The number of rotatable bonds is 2. The van der Waals surface area contributed by atoms with Gasteiger partial charge in [0.05, 0.1) is 35.2 Å². The first-order valence-electron chi connectivity index (χ1n) is 8.84. The highest BCUT2D eigenvalue weighted by molar-refractivity contribution is 5.98. The van der Waals surface area contributed by atoms with Gasteiger partial charge in [-0.1, -0.05) is 6.07 Å². The fourth-order valence-corrected chi connectivity index (χ4v) is 3.68. The van der Waals surface area contributed by atoms with Gasteiger partial charge < -0.3 is 15.4 Å². The second-order valence-corrected chi connectivity index (χ2v) is 6.89. The molecular weight excluding hydrogens is 380 g/mol. The summed E-state index contributed by atoms with van der Waals surface area (Å²) in [4.78, 5) is 22.7. The Morgan fingerprint density at radius 3 is 2.93 bits per heavy atom. The summed E-state index contributed by atoms with van der Waals surface area (Å²) >= 11 is 0. The van der Waals surface area contributed by atoms with Crippen LogP contribution >= 0.6 is 0 Å². The molecule has 1 atom stereocenters. The SMILES string of the molecule is CN(C(=O)c1cc2c(cc1F)nc(N)c1cncn12)C1COc2cc(F)ccc21. The molecule has 2 N–H and O–H groups in total. The molecule has 0 fully saturated rings. The monoisotopic (exact) mass is 395 g/mol. The standard InChI is InChI=1S/C20H15F2N5O2/c1-26(17-8-29-18-4-10(21)2-3-11(17)18)20(28)12-5-15-14(6-13(12)22)25-19(23)16-7-24-9-27(15)16/h2-7,9,17H,8H2,1H3,(H2,23,25). The zero-order chi connectivity index (χ0) is 20.3. The van der Waals surface area contributed by atoms with Gasteiger partial charge >= 0.3 is 0 Å². The third-order valence-electron chi connectivity index (χ3n) is 5.22. The number of nitrogens with two attached hydrogens (primary N) is 1. The van der Waals surface area contributed by atoms with Crippen LogP contribution in [0.2, 0.25) is 0 Å². The molecule has 7 nitrogen and oxygen atoms in total. The molecule has 3 heterocycles. The summed E-state index contributed by atoms with van der Waals surface area (Å²) in [5.41, 5.74) is 7.84. The molecule has 0 saturated heterocycles. The molecule has 0 bridgehead atoms. The van der Waals surface area contributed by atoms with Crippen LogP contribution in [0.25, 0.3) is 16.6 Å². The molecule has 0 spiro atoms. The fourth-order valence-electron chi connectivity index (χ4n) is 3.68. The summed E-state index contributed by atoms with van der Waals surface area (Å²) in [6.45, 7) is 0.167. The van der Waals surface area contributed by atoms with Gasteiger partial charge in [-0.15, -0.1) is 0 Å². The quantitative estimate of drug-likeness (QED) is 0.564. The molecule has 1 aliphatic rings. The Bertz CT molecular complexity index is 1300. The zero-order valence-electron chi connectivity index (χ0n) is 15.3. The first-order chi connectivity index (χ1) is 13.9. The van der Waals surface area contributed by atoms with Gasteiger partial charge in [-0.2, -0.15) is 0 Å². The van der Waals surface area contributed by atoms with E-state index in [2.05, 4.69) is 9.97 Å². The van der Waals surface area contributed by atoms with E-state index in [9.17, 15) is 13.6 Å². The smallest absolute Gasteiger partial charge is 0.257 e. The number of ether oxygens (including phenoxy) is 1. The highest BCUT2D eigenvalue weighted by atomic mass is 19.1. The topological polar surface area (TPSA) is 85.8 Å². The van der Waals surface area contributed by atoms with Gasteiger partial charge in [0.2, 0.25) is 0 Å². The molecule has 5 rings (SSSR count). The number of carbonyl (C=O) groups excluding carboxylic acids is 1. The fraction of sp³-hybridized carbons (Fsp3) is 0.150. The predicted molar refractivity (Wildman–Crippen MR) is 102 cm³/mol. The molecule has 2 aromatic carbocycles. The van der Waals surface area contributed by atoms with Gasteiger partial charge in [-0.05, 0) is 12.1 Å². The Hall–Kier alpha value is -3.75. The molecule has 1 aliphatic heterocycles. The van der Waals surface area contributed by atoms with Crippen molar-refractivity contribution in [3.8, 4) is 5.75 Å². The Kier molecular flexibility index (Phi) is 3.67. The van der Waals surface area contributed by atoms with Crippen LogP contribution in [-0.2, 0) is 0 Å². The van der Waals surface area contributed by atoms with Crippen molar-refractivity contribution in [1.82, 2.24) is 19.3 Å². The van der Waals surface area contributed by atoms with Crippen LogP contribution in [0.4, 0.5) is 14.6 Å². The van der Waals surface area contributed by atoms with E-state index >= 15 is 0 Å². The second-order valence-electron chi connectivity index (χ2n) is 6.89. The van der Waals surface area contributed by atoms with E-state index in [1.165, 1.54) is 35.5 Å². The number of benzene rings is 2. The second kappa shape index (κ2) is 6.13. The van der Waals surface area contributed by atoms with E-state index in [1.54, 1.807) is 23.7 Å². The van der Waals surface area contributed by atoms with E-state index in [-0.39, 0.29) is 18.0 Å². The molecule has 146 valence electrons. The minimum Gasteiger partial charge on any atom is -0.491 e. The number of amides is 1. The maximum Gasteiger partial charge on any atom is 0.257 e. The molecule has 29 heavy (non-hydrogen) atoms. The number of nitrogen functional groups attached to an aromatic ring is 1. The number of nitrogens with zero attached hydrogens (tertiary/aromatic N) is 4. The van der Waals surface area contributed by atoms with Crippen LogP contribution in [-0.4, -0.2) is 38.8 Å². The van der Waals surface area contributed by atoms with Crippen molar-refractivity contribution in [1.29, 1.82) is 0 Å². The number of halogens is 2. The van der Waals surface area contributed by atoms with Gasteiger partial charge in [0.25, 0.3) is 5.91 Å². The molecule has 1 amide bonds. The minimum atomic E-state index is -0.709. The van der Waals surface area contributed by atoms with Crippen molar-refractivity contribution < 1.29 is 18.3 Å². The van der Waals surface area contributed by atoms with Crippen LogP contribution in [0.15, 0.2) is 42.9 Å². The van der Waals surface area contributed by atoms with Crippen molar-refractivity contribution in [3.63, 3.8) is 0 Å². The average molecular weight is 395 g/mol. The van der Waals surface area contributed by atoms with Crippen LogP contribution in [0.1, 0.15) is 22.0 Å². The van der Waals surface area contributed by atoms with E-state index in [0.717, 1.165) is 0 Å². The molecule has 2 aromatic heterocycles. The number of carbonyl (C=O) groups is 1. The van der Waals surface area contributed by atoms with Crippen molar-refractivity contribution >= 4 is 28.3 Å². The Balaban J connectivity index is 1.58. The van der Waals surface area contributed by atoms with Gasteiger partial charge in [0.1, 0.15) is 35.3 Å². The van der Waals surface area contributed by atoms with Crippen molar-refractivity contribution in [3.05, 3.63) is 65.6 Å². The normalized spacial score (nSPS) is 15.5. The Morgan fingerprint density at radius 2 is 2.10 bits per heavy atom. The summed E-state index contributed by atoms with van der Waals surface area (Å²) in [7, 11) is 1.56. The number of hydrogen-bond donors (Lipinski definition) is 1. The summed E-state index contributed by atoms with van der Waals surface area (Å²) in [5.74, 6) is -1.06. The number of hydrogen-bond acceptors (Lipinski definition) is 5. The lowest BCUT2D eigenvalue weighted by atomic mass is 10.1. The van der Waals surface area contributed by atoms with Crippen LogP contribution in [0.5, 0.6) is 5.75 Å². The number of imidazole rings is 1. The molecule has 4 aromatic rings. The third kappa shape index (κ3) is 2.58. The molecule has 1 unspecified atom stereocenters. The van der Waals surface area contributed by atoms with Crippen molar-refractivity contribution in [2.24, 2.45) is 0 Å².